The number of likely N-dealkylation sites (tertiary alicyclic amines) is 1. The molecular formula is C24H24F2N2O5. The number of hydrogen-bond acceptors (Lipinski definition) is 4. The normalized spacial score (nSPS) is 18.0. The molecule has 2 amide bonds. The van der Waals surface area contributed by atoms with Gasteiger partial charge in [-0.2, -0.15) is 0 Å². The summed E-state index contributed by atoms with van der Waals surface area (Å²) in [5.74, 6) is -2.13. The molecule has 0 saturated carbocycles. The van der Waals surface area contributed by atoms with E-state index in [0.717, 1.165) is 27.2 Å². The Balaban J connectivity index is 1.38. The van der Waals surface area contributed by atoms with Gasteiger partial charge in [0, 0.05) is 12.5 Å². The van der Waals surface area contributed by atoms with Crippen LogP contribution in [0.25, 0.3) is 11.1 Å². The highest BCUT2D eigenvalue weighted by Crippen LogP contribution is 2.44. The molecular weight excluding hydrogens is 434 g/mol. The topological polar surface area (TPSA) is 95.9 Å². The van der Waals surface area contributed by atoms with E-state index >= 15 is 0 Å². The molecule has 33 heavy (non-hydrogen) atoms. The first-order valence-corrected chi connectivity index (χ1v) is 10.8. The first kappa shape index (κ1) is 22.7. The Kier molecular flexibility index (Phi) is 6.57. The van der Waals surface area contributed by atoms with E-state index < -0.39 is 42.9 Å². The van der Waals surface area contributed by atoms with Crippen LogP contribution in [0.1, 0.15) is 36.3 Å². The molecule has 0 aromatic heterocycles. The van der Waals surface area contributed by atoms with Gasteiger partial charge in [0.2, 0.25) is 5.91 Å². The Morgan fingerprint density at radius 3 is 2.24 bits per heavy atom. The summed E-state index contributed by atoms with van der Waals surface area (Å²) in [5.41, 5.74) is 4.05. The number of nitrogens with one attached hydrogen (secondary N) is 1. The number of ether oxygens (including phenoxy) is 1. The minimum Gasteiger partial charge on any atom is -0.480 e. The van der Waals surface area contributed by atoms with Gasteiger partial charge in [-0.25, -0.2) is 18.4 Å². The molecule has 1 aliphatic heterocycles. The zero-order chi connectivity index (χ0) is 23.5. The van der Waals surface area contributed by atoms with E-state index in [4.69, 9.17) is 4.74 Å². The average Bonchev–Trinajstić information content (AvgIpc) is 3.41. The van der Waals surface area contributed by atoms with Gasteiger partial charge in [0.15, 0.2) is 0 Å². The van der Waals surface area contributed by atoms with E-state index in [0.29, 0.717) is 6.42 Å². The van der Waals surface area contributed by atoms with Gasteiger partial charge in [0.25, 0.3) is 6.43 Å². The lowest BCUT2D eigenvalue weighted by Crippen LogP contribution is -2.47. The maximum absolute atomic E-state index is 13.5. The van der Waals surface area contributed by atoms with Crippen molar-refractivity contribution < 1.29 is 33.0 Å². The molecule has 1 aliphatic carbocycles. The standard InChI is InChI=1S/C24H24F2N2O5/c25-22(26)19(12-21(29)28-11-5-10-20(28)23(30)31)27-24(32)33-13-18-16-8-3-1-6-14(16)15-7-2-4-9-17(15)18/h1-4,6-9,18-20,22H,5,10-13H2,(H,27,32)(H,30,31)/t19?,20-/m0/s1. The number of carbonyl (C=O) groups is 3. The van der Waals surface area contributed by atoms with Gasteiger partial charge in [-0.3, -0.25) is 4.79 Å². The molecule has 9 heteroatoms. The fraction of sp³-hybridized carbons (Fsp3) is 0.375. The predicted molar refractivity (Wildman–Crippen MR) is 115 cm³/mol. The Hall–Kier alpha value is -3.49. The van der Waals surface area contributed by atoms with Gasteiger partial charge in [0.05, 0.1) is 6.42 Å². The molecule has 0 spiro atoms. The Labute approximate surface area is 189 Å². The SMILES string of the molecule is O=C(NC(CC(=O)N1CCC[C@H]1C(=O)O)C(F)F)OCC1c2ccccc2-c2ccccc21. The molecule has 7 nitrogen and oxygen atoms in total. The van der Waals surface area contributed by atoms with Crippen LogP contribution in [0.4, 0.5) is 13.6 Å². The van der Waals surface area contributed by atoms with Gasteiger partial charge >= 0.3 is 12.1 Å². The first-order chi connectivity index (χ1) is 15.9. The van der Waals surface area contributed by atoms with Crippen molar-refractivity contribution in [2.24, 2.45) is 0 Å². The predicted octanol–water partition coefficient (Wildman–Crippen LogP) is 3.62. The summed E-state index contributed by atoms with van der Waals surface area (Å²) in [6.07, 6.45) is -4.00. The van der Waals surface area contributed by atoms with Gasteiger partial charge in [-0.15, -0.1) is 0 Å². The third-order valence-corrected chi connectivity index (χ3v) is 6.20. The number of aliphatic carboxylic acids is 1. The largest absolute Gasteiger partial charge is 0.480 e. The molecule has 174 valence electrons. The summed E-state index contributed by atoms with van der Waals surface area (Å²) in [4.78, 5) is 37.1. The average molecular weight is 458 g/mol. The van der Waals surface area contributed by atoms with Crippen LogP contribution in [-0.2, 0) is 14.3 Å². The molecule has 4 rings (SSSR count). The third kappa shape index (κ3) is 4.67. The number of alkyl halides is 2. The minimum atomic E-state index is -3.01. The van der Waals surface area contributed by atoms with E-state index in [1.54, 1.807) is 0 Å². The van der Waals surface area contributed by atoms with Crippen LogP contribution in [0.2, 0.25) is 0 Å². The van der Waals surface area contributed by atoms with Crippen LogP contribution in [0, 0.1) is 0 Å². The number of carboxylic acids is 1. The molecule has 2 aromatic carbocycles. The fourth-order valence-corrected chi connectivity index (χ4v) is 4.62. The lowest BCUT2D eigenvalue weighted by molar-refractivity contribution is -0.148. The number of nitrogens with zero attached hydrogens (tertiary/aromatic N) is 1. The van der Waals surface area contributed by atoms with Gasteiger partial charge in [-0.1, -0.05) is 48.5 Å². The van der Waals surface area contributed by atoms with Gasteiger partial charge < -0.3 is 20.1 Å². The van der Waals surface area contributed by atoms with Crippen molar-refractivity contribution in [1.82, 2.24) is 10.2 Å². The second-order valence-electron chi connectivity index (χ2n) is 8.20. The van der Waals surface area contributed by atoms with Crippen molar-refractivity contribution in [2.45, 2.75) is 43.7 Å². The molecule has 2 N–H and O–H groups in total. The molecule has 2 aliphatic rings. The maximum Gasteiger partial charge on any atom is 0.407 e. The second-order valence-corrected chi connectivity index (χ2v) is 8.20. The van der Waals surface area contributed by atoms with Crippen LogP contribution < -0.4 is 5.32 Å². The quantitative estimate of drug-likeness (QED) is 0.661. The van der Waals surface area contributed by atoms with E-state index in [1.807, 2.05) is 48.5 Å². The molecule has 1 unspecified atom stereocenters. The lowest BCUT2D eigenvalue weighted by atomic mass is 9.98. The first-order valence-electron chi connectivity index (χ1n) is 10.8. The highest BCUT2D eigenvalue weighted by atomic mass is 19.3. The monoisotopic (exact) mass is 458 g/mol. The van der Waals surface area contributed by atoms with Crippen LogP contribution in [0.5, 0.6) is 0 Å². The van der Waals surface area contributed by atoms with E-state index in [2.05, 4.69) is 5.32 Å². The molecule has 2 atom stereocenters. The smallest absolute Gasteiger partial charge is 0.407 e. The van der Waals surface area contributed by atoms with Crippen LogP contribution in [0.3, 0.4) is 0 Å². The summed E-state index contributed by atoms with van der Waals surface area (Å²) in [6, 6.07) is 12.7. The number of fused-ring (bicyclic) bond motifs is 3. The zero-order valence-corrected chi connectivity index (χ0v) is 17.7. The lowest BCUT2D eigenvalue weighted by Gasteiger charge is -2.24. The third-order valence-electron chi connectivity index (χ3n) is 6.20. The number of carbonyl (C=O) groups excluding carboxylic acids is 2. The molecule has 2 aromatic rings. The molecule has 0 bridgehead atoms. The van der Waals surface area contributed by atoms with Crippen molar-refractivity contribution >= 4 is 18.0 Å². The molecule has 1 fully saturated rings. The summed E-state index contributed by atoms with van der Waals surface area (Å²) < 4.78 is 32.4. The fourth-order valence-electron chi connectivity index (χ4n) is 4.62. The number of carboxylic acid groups (broad SMARTS) is 1. The van der Waals surface area contributed by atoms with E-state index in [-0.39, 0.29) is 25.5 Å². The van der Waals surface area contributed by atoms with Crippen molar-refractivity contribution in [3.05, 3.63) is 59.7 Å². The number of rotatable bonds is 7. The summed E-state index contributed by atoms with van der Waals surface area (Å²) in [7, 11) is 0. The summed E-state index contributed by atoms with van der Waals surface area (Å²) in [6.45, 7) is 0.147. The minimum absolute atomic E-state index is 0.0447. The second kappa shape index (κ2) is 9.56. The van der Waals surface area contributed by atoms with E-state index in [1.165, 1.54) is 0 Å². The van der Waals surface area contributed by atoms with Crippen molar-refractivity contribution in [1.29, 1.82) is 0 Å². The zero-order valence-electron chi connectivity index (χ0n) is 17.7. The van der Waals surface area contributed by atoms with Crippen molar-refractivity contribution in [3.63, 3.8) is 0 Å². The van der Waals surface area contributed by atoms with Crippen molar-refractivity contribution in [2.75, 3.05) is 13.2 Å². The van der Waals surface area contributed by atoms with Gasteiger partial charge in [-0.05, 0) is 35.1 Å². The van der Waals surface area contributed by atoms with E-state index in [9.17, 15) is 28.3 Å². The maximum atomic E-state index is 13.5. The number of benzene rings is 2. The number of alkyl carbamates (subject to hydrolysis) is 1. The van der Waals surface area contributed by atoms with Gasteiger partial charge in [0.1, 0.15) is 18.7 Å². The highest BCUT2D eigenvalue weighted by Gasteiger charge is 2.37. The van der Waals surface area contributed by atoms with Crippen LogP contribution in [0.15, 0.2) is 48.5 Å². The van der Waals surface area contributed by atoms with Crippen LogP contribution in [-0.4, -0.2) is 59.6 Å². The summed E-state index contributed by atoms with van der Waals surface area (Å²) in [5, 5.41) is 11.3. The van der Waals surface area contributed by atoms with Crippen molar-refractivity contribution in [3.8, 4) is 11.1 Å². The summed E-state index contributed by atoms with van der Waals surface area (Å²) >= 11 is 0. The van der Waals surface area contributed by atoms with Crippen LogP contribution >= 0.6 is 0 Å². The number of amides is 2. The number of halogens is 2. The molecule has 1 saturated heterocycles. The number of hydrogen-bond donors (Lipinski definition) is 2. The molecule has 1 heterocycles. The Bertz CT molecular complexity index is 1020. The Morgan fingerprint density at radius 1 is 1.06 bits per heavy atom. The molecule has 0 radical (unpaired) electrons. The highest BCUT2D eigenvalue weighted by molar-refractivity contribution is 5.85. The Morgan fingerprint density at radius 2 is 1.67 bits per heavy atom.